The first-order chi connectivity index (χ1) is 12.2. The average molecular weight is 377 g/mol. The van der Waals surface area contributed by atoms with Crippen molar-refractivity contribution >= 4 is 11.8 Å². The number of nitrogens with zero attached hydrogens (tertiary/aromatic N) is 4. The highest BCUT2D eigenvalue weighted by Gasteiger charge is 2.33. The monoisotopic (exact) mass is 376 g/mol. The van der Waals surface area contributed by atoms with E-state index in [1.165, 1.54) is 4.90 Å². The molecule has 26 heavy (non-hydrogen) atoms. The summed E-state index contributed by atoms with van der Waals surface area (Å²) in [6.07, 6.45) is 3.04. The molecule has 0 bridgehead atoms. The lowest BCUT2D eigenvalue weighted by molar-refractivity contribution is 0.188. The molecule has 0 fully saturated rings. The first kappa shape index (κ1) is 20.9. The van der Waals surface area contributed by atoms with Gasteiger partial charge in [-0.2, -0.15) is 0 Å². The summed E-state index contributed by atoms with van der Waals surface area (Å²) in [5.41, 5.74) is 6.85. The molecule has 2 aromatic rings. The number of tetrazole rings is 1. The van der Waals surface area contributed by atoms with E-state index in [4.69, 9.17) is 5.73 Å². The molecule has 2 rings (SSSR count). The lowest BCUT2D eigenvalue weighted by Crippen LogP contribution is -2.37. The Hall–Kier alpha value is -1.44. The summed E-state index contributed by atoms with van der Waals surface area (Å²) < 4.78 is 1.97. The zero-order valence-electron chi connectivity index (χ0n) is 16.8. The van der Waals surface area contributed by atoms with Crippen LogP contribution in [0.2, 0.25) is 0 Å². The summed E-state index contributed by atoms with van der Waals surface area (Å²) in [6, 6.07) is 8.44. The number of aromatic nitrogens is 4. The predicted molar refractivity (Wildman–Crippen MR) is 108 cm³/mol. The van der Waals surface area contributed by atoms with Gasteiger partial charge in [0.25, 0.3) is 0 Å². The van der Waals surface area contributed by atoms with Crippen LogP contribution in [-0.4, -0.2) is 39.6 Å². The van der Waals surface area contributed by atoms with Crippen LogP contribution < -0.4 is 11.1 Å². The van der Waals surface area contributed by atoms with Gasteiger partial charge in [-0.1, -0.05) is 32.9 Å². The van der Waals surface area contributed by atoms with Gasteiger partial charge in [-0.25, -0.2) is 4.68 Å². The summed E-state index contributed by atoms with van der Waals surface area (Å²) in [5.74, 6) is 0.824. The van der Waals surface area contributed by atoms with Gasteiger partial charge in [0.05, 0.1) is 11.6 Å². The number of nitrogens with one attached hydrogen (secondary N) is 1. The Morgan fingerprint density at radius 1 is 1.15 bits per heavy atom. The fraction of sp³-hybridized carbons (Fsp3) is 0.632. The third kappa shape index (κ3) is 5.28. The normalized spacial score (nSPS) is 13.8. The van der Waals surface area contributed by atoms with E-state index in [9.17, 15) is 0 Å². The maximum atomic E-state index is 5.74. The molecule has 144 valence electrons. The standard InChI is InChI=1S/C19H32N6S/c1-18(2,3)13-19(4,5)25-17(22-23-24-25)16(21-12-11-20)14-7-9-15(26-6)10-8-14/h7-10,16,21H,11-13,20H2,1-6H3. The first-order valence-corrected chi connectivity index (χ1v) is 10.3. The van der Waals surface area contributed by atoms with E-state index in [-0.39, 0.29) is 17.0 Å². The second kappa shape index (κ2) is 8.50. The van der Waals surface area contributed by atoms with Gasteiger partial charge in [-0.05, 0) is 60.1 Å². The largest absolute Gasteiger partial charge is 0.329 e. The van der Waals surface area contributed by atoms with E-state index in [0.29, 0.717) is 13.1 Å². The van der Waals surface area contributed by atoms with Crippen molar-refractivity contribution in [2.24, 2.45) is 11.1 Å². The summed E-state index contributed by atoms with van der Waals surface area (Å²) in [4.78, 5) is 1.24. The first-order valence-electron chi connectivity index (χ1n) is 9.04. The van der Waals surface area contributed by atoms with Crippen molar-refractivity contribution in [1.29, 1.82) is 0 Å². The predicted octanol–water partition coefficient (Wildman–Crippen LogP) is 3.20. The Bertz CT molecular complexity index is 687. The Labute approximate surface area is 161 Å². The Kier molecular flexibility index (Phi) is 6.82. The van der Waals surface area contributed by atoms with Gasteiger partial charge in [0, 0.05) is 18.0 Å². The topological polar surface area (TPSA) is 81.7 Å². The second-order valence-electron chi connectivity index (χ2n) is 8.45. The highest BCUT2D eigenvalue weighted by molar-refractivity contribution is 7.98. The molecule has 1 atom stereocenters. The summed E-state index contributed by atoms with van der Waals surface area (Å²) in [5, 5.41) is 16.2. The molecule has 1 heterocycles. The Morgan fingerprint density at radius 3 is 2.35 bits per heavy atom. The zero-order chi connectivity index (χ0) is 19.4. The molecule has 3 N–H and O–H groups in total. The molecular formula is C19H32N6S. The lowest BCUT2D eigenvalue weighted by atomic mass is 9.81. The summed E-state index contributed by atoms with van der Waals surface area (Å²) in [6.45, 7) is 12.4. The molecule has 0 saturated carbocycles. The summed E-state index contributed by atoms with van der Waals surface area (Å²) in [7, 11) is 0. The highest BCUT2D eigenvalue weighted by atomic mass is 32.2. The molecule has 1 aromatic carbocycles. The molecule has 0 amide bonds. The quantitative estimate of drug-likeness (QED) is 0.689. The number of hydrogen-bond acceptors (Lipinski definition) is 6. The lowest BCUT2D eigenvalue weighted by Gasteiger charge is -2.34. The van der Waals surface area contributed by atoms with E-state index in [0.717, 1.165) is 17.8 Å². The van der Waals surface area contributed by atoms with Gasteiger partial charge >= 0.3 is 0 Å². The van der Waals surface area contributed by atoms with Crippen molar-refractivity contribution in [2.75, 3.05) is 19.3 Å². The zero-order valence-corrected chi connectivity index (χ0v) is 17.6. The molecule has 1 unspecified atom stereocenters. The van der Waals surface area contributed by atoms with Crippen molar-refractivity contribution in [3.05, 3.63) is 35.7 Å². The molecule has 0 aliphatic heterocycles. The van der Waals surface area contributed by atoms with Gasteiger partial charge in [-0.3, -0.25) is 0 Å². The van der Waals surface area contributed by atoms with E-state index in [1.807, 2.05) is 4.68 Å². The fourth-order valence-electron chi connectivity index (χ4n) is 3.56. The SMILES string of the molecule is CSc1ccc(C(NCCN)c2nnnn2C(C)(C)CC(C)(C)C)cc1. The Morgan fingerprint density at radius 2 is 1.81 bits per heavy atom. The van der Waals surface area contributed by atoms with E-state index >= 15 is 0 Å². The second-order valence-corrected chi connectivity index (χ2v) is 9.33. The van der Waals surface area contributed by atoms with Crippen LogP contribution in [0.1, 0.15) is 58.5 Å². The van der Waals surface area contributed by atoms with Gasteiger partial charge in [0.15, 0.2) is 5.82 Å². The smallest absolute Gasteiger partial charge is 0.173 e. The summed E-state index contributed by atoms with van der Waals surface area (Å²) >= 11 is 1.73. The van der Waals surface area contributed by atoms with Gasteiger partial charge in [-0.15, -0.1) is 16.9 Å². The Balaban J connectivity index is 2.41. The van der Waals surface area contributed by atoms with Crippen molar-refractivity contribution in [1.82, 2.24) is 25.5 Å². The number of thioether (sulfide) groups is 1. The average Bonchev–Trinajstić information content (AvgIpc) is 3.04. The molecule has 0 radical (unpaired) electrons. The van der Waals surface area contributed by atoms with Crippen LogP contribution in [0, 0.1) is 5.41 Å². The number of benzene rings is 1. The minimum atomic E-state index is -0.195. The van der Waals surface area contributed by atoms with Gasteiger partial charge < -0.3 is 11.1 Å². The van der Waals surface area contributed by atoms with Crippen LogP contribution in [0.3, 0.4) is 0 Å². The number of nitrogens with two attached hydrogens (primary N) is 1. The molecular weight excluding hydrogens is 344 g/mol. The molecule has 7 heteroatoms. The van der Waals surface area contributed by atoms with Crippen LogP contribution >= 0.6 is 11.8 Å². The van der Waals surface area contributed by atoms with Crippen molar-refractivity contribution < 1.29 is 0 Å². The minimum absolute atomic E-state index is 0.0938. The molecule has 0 spiro atoms. The van der Waals surface area contributed by atoms with Crippen molar-refractivity contribution in [3.63, 3.8) is 0 Å². The molecule has 0 aliphatic carbocycles. The third-order valence-corrected chi connectivity index (χ3v) is 4.97. The van der Waals surface area contributed by atoms with Crippen LogP contribution in [0.5, 0.6) is 0 Å². The van der Waals surface area contributed by atoms with Crippen LogP contribution in [0.4, 0.5) is 0 Å². The number of hydrogen-bond donors (Lipinski definition) is 2. The third-order valence-electron chi connectivity index (χ3n) is 4.23. The molecule has 0 saturated heterocycles. The highest BCUT2D eigenvalue weighted by Crippen LogP contribution is 2.34. The maximum Gasteiger partial charge on any atom is 0.173 e. The van der Waals surface area contributed by atoms with Crippen LogP contribution in [0.15, 0.2) is 29.2 Å². The minimum Gasteiger partial charge on any atom is -0.329 e. The van der Waals surface area contributed by atoms with Crippen molar-refractivity contribution in [2.45, 2.75) is 57.5 Å². The van der Waals surface area contributed by atoms with Crippen LogP contribution in [-0.2, 0) is 5.54 Å². The van der Waals surface area contributed by atoms with E-state index < -0.39 is 0 Å². The van der Waals surface area contributed by atoms with Gasteiger partial charge in [0.1, 0.15) is 0 Å². The van der Waals surface area contributed by atoms with E-state index in [1.54, 1.807) is 11.8 Å². The number of rotatable bonds is 8. The van der Waals surface area contributed by atoms with Crippen molar-refractivity contribution in [3.8, 4) is 0 Å². The molecule has 1 aromatic heterocycles. The molecule has 6 nitrogen and oxygen atoms in total. The van der Waals surface area contributed by atoms with Crippen LogP contribution in [0.25, 0.3) is 0 Å². The van der Waals surface area contributed by atoms with Gasteiger partial charge in [0.2, 0.25) is 0 Å². The fourth-order valence-corrected chi connectivity index (χ4v) is 3.97. The molecule has 0 aliphatic rings. The maximum absolute atomic E-state index is 5.74. The van der Waals surface area contributed by atoms with E-state index in [2.05, 4.69) is 86.0 Å².